The summed E-state index contributed by atoms with van der Waals surface area (Å²) in [6.45, 7) is 0. The molecule has 10 aromatic rings. The minimum Gasteiger partial charge on any atom is -0.455 e. The first kappa shape index (κ1) is 11.1. The topological polar surface area (TPSA) is 13.1 Å². The summed E-state index contributed by atoms with van der Waals surface area (Å²) >= 11 is 0. The van der Waals surface area contributed by atoms with Crippen LogP contribution in [0.15, 0.2) is 186 Å². The molecule has 0 N–H and O–H groups in total. The third kappa shape index (κ3) is 4.40. The molecule has 0 atom stereocenters. The second-order valence-corrected chi connectivity index (χ2v) is 10.5. The predicted molar refractivity (Wildman–Crippen MR) is 208 cm³/mol. The molecule has 228 valence electrons. The van der Waals surface area contributed by atoms with Gasteiger partial charge in [0.2, 0.25) is 0 Å². The number of hydrogen-bond donors (Lipinski definition) is 0. The molecule has 0 saturated heterocycles. The lowest BCUT2D eigenvalue weighted by Crippen LogP contribution is -1.92. The molecule has 10 rings (SSSR count). The number of fused-ring (bicyclic) bond motifs is 7. The van der Waals surface area contributed by atoms with E-state index in [1.54, 1.807) is 0 Å². The third-order valence-electron chi connectivity index (χ3n) is 7.87. The summed E-state index contributed by atoms with van der Waals surface area (Å²) in [7, 11) is 0. The molecular weight excluding hydrogens is 593 g/mol. The highest BCUT2D eigenvalue weighted by atomic mass is 16.3. The van der Waals surface area contributed by atoms with Gasteiger partial charge in [-0.05, 0) is 89.6 Å². The van der Waals surface area contributed by atoms with Crippen molar-refractivity contribution in [1.82, 2.24) is 0 Å². The summed E-state index contributed by atoms with van der Waals surface area (Å²) in [4.78, 5) is 0. The molecule has 1 nitrogen and oxygen atoms in total. The maximum atomic E-state index is 9.88. The number of furan rings is 1. The Hall–Kier alpha value is -6.44. The van der Waals surface area contributed by atoms with Gasteiger partial charge in [-0.2, -0.15) is 0 Å². The van der Waals surface area contributed by atoms with Gasteiger partial charge in [-0.1, -0.05) is 163 Å². The Morgan fingerprint density at radius 2 is 0.857 bits per heavy atom. The minimum absolute atomic E-state index is 0.442. The van der Waals surface area contributed by atoms with Crippen LogP contribution in [0.5, 0.6) is 0 Å². The molecule has 1 heterocycles. The Morgan fingerprint density at radius 1 is 0.327 bits per heavy atom. The van der Waals surface area contributed by atoms with E-state index in [1.165, 1.54) is 0 Å². The zero-order chi connectivity index (χ0) is 58.4. The van der Waals surface area contributed by atoms with Crippen LogP contribution in [0.3, 0.4) is 0 Å². The van der Waals surface area contributed by atoms with Crippen molar-refractivity contribution < 1.29 is 45.5 Å². The van der Waals surface area contributed by atoms with Crippen LogP contribution >= 0.6 is 0 Å². The van der Waals surface area contributed by atoms with Crippen molar-refractivity contribution in [3.05, 3.63) is 181 Å². The fourth-order valence-electron chi connectivity index (χ4n) is 5.79. The van der Waals surface area contributed by atoms with Gasteiger partial charge >= 0.3 is 0 Å². The van der Waals surface area contributed by atoms with Crippen LogP contribution in [0, 0.1) is 0 Å². The molecule has 0 spiro atoms. The molecule has 0 aliphatic heterocycles. The van der Waals surface area contributed by atoms with Crippen LogP contribution in [0.2, 0.25) is 0 Å². The van der Waals surface area contributed by atoms with E-state index in [4.69, 9.17) is 27.7 Å². The summed E-state index contributed by atoms with van der Waals surface area (Å²) < 4.78 is 276. The molecule has 0 amide bonds. The Labute approximate surface area is 326 Å². The van der Waals surface area contributed by atoms with Gasteiger partial charge in [0.15, 0.2) is 0 Å². The summed E-state index contributed by atoms with van der Waals surface area (Å²) in [6.07, 6.45) is 0. The second kappa shape index (κ2) is 11.1. The molecule has 9 aromatic carbocycles. The van der Waals surface area contributed by atoms with Crippen molar-refractivity contribution in [1.29, 1.82) is 0 Å². The van der Waals surface area contributed by atoms with Crippen LogP contribution in [0.25, 0.3) is 98.8 Å². The van der Waals surface area contributed by atoms with Crippen molar-refractivity contribution in [2.45, 2.75) is 0 Å². The highest BCUT2D eigenvalue weighted by molar-refractivity contribution is 6.23. The summed E-state index contributed by atoms with van der Waals surface area (Å²) in [5.41, 5.74) is -8.07. The SMILES string of the molecule is [2H]c1c([2H])c([2H])c(-c2c([2H])c([2H])c(-c3c([2H])c([2H])c([2H])c([2H])c3-c3c4c([2H])c([2H])c([2H])c([2H])c4c(-c4c([2H])c([2H])c5oc6c7c([2H])c([2H])c([2H])c([2H])c7c([2H])c([2H])c6c5c4[2H])c4c([2H])c([2H])c([2H])c([2H])c34)c([2H])c2[2H])c([2H])c1[2H]. The Balaban J connectivity index is 1.48. The zero-order valence-electron chi connectivity index (χ0n) is 54.4. The van der Waals surface area contributed by atoms with Crippen LogP contribution in [0.1, 0.15) is 41.1 Å². The average Bonchev–Trinajstić information content (AvgIpc) is 3.96. The Kier molecular flexibility index (Phi) is 2.50. The average molecular weight is 653 g/mol. The van der Waals surface area contributed by atoms with E-state index in [9.17, 15) is 17.8 Å². The van der Waals surface area contributed by atoms with Crippen molar-refractivity contribution in [3.63, 3.8) is 0 Å². The van der Waals surface area contributed by atoms with Crippen LogP contribution in [0.4, 0.5) is 0 Å². The van der Waals surface area contributed by atoms with Gasteiger partial charge in [0.25, 0.3) is 0 Å². The Bertz CT molecular complexity index is 4460. The largest absolute Gasteiger partial charge is 0.455 e. The summed E-state index contributed by atoms with van der Waals surface area (Å²) in [5, 5.41) is -5.26. The smallest absolute Gasteiger partial charge is 0.143 e. The van der Waals surface area contributed by atoms with Crippen molar-refractivity contribution in [3.8, 4) is 44.5 Å². The third-order valence-corrected chi connectivity index (χ3v) is 7.87. The molecule has 0 saturated carbocycles. The van der Waals surface area contributed by atoms with Crippen LogP contribution in [-0.2, 0) is 0 Å². The van der Waals surface area contributed by atoms with Gasteiger partial charge in [0.1, 0.15) is 11.2 Å². The highest BCUT2D eigenvalue weighted by Crippen LogP contribution is 2.47. The van der Waals surface area contributed by atoms with Gasteiger partial charge in [-0.25, -0.2) is 0 Å². The molecule has 0 bridgehead atoms. The molecule has 1 aromatic heterocycles. The lowest BCUT2D eigenvalue weighted by Gasteiger charge is -2.20. The van der Waals surface area contributed by atoms with Crippen LogP contribution < -0.4 is 0 Å². The summed E-state index contributed by atoms with van der Waals surface area (Å²) in [6, 6.07) is -29.4. The molecule has 0 radical (unpaired) electrons. The maximum Gasteiger partial charge on any atom is 0.143 e. The molecule has 0 unspecified atom stereocenters. The van der Waals surface area contributed by atoms with E-state index in [1.807, 2.05) is 0 Å². The Morgan fingerprint density at radius 3 is 1.57 bits per heavy atom. The van der Waals surface area contributed by atoms with Crippen LogP contribution in [-0.4, -0.2) is 0 Å². The summed E-state index contributed by atoms with van der Waals surface area (Å²) in [5.74, 6) is 0. The van der Waals surface area contributed by atoms with E-state index < -0.39 is 280 Å². The van der Waals surface area contributed by atoms with Crippen molar-refractivity contribution >= 4 is 54.3 Å². The second-order valence-electron chi connectivity index (χ2n) is 10.5. The molecule has 0 fully saturated rings. The molecule has 0 aliphatic rings. The maximum absolute atomic E-state index is 9.88. The number of hydrogen-bond acceptors (Lipinski definition) is 1. The standard InChI is InChI=1S/C48H30O/c1-2-12-31(13-3-1)32-22-24-34(25-23-32)36-15-6-7-17-38(36)47-41-20-10-8-18-39(41)46(40-19-9-11-21-42(40)47)35-27-29-45-44(30-35)43-28-26-33-14-4-5-16-37(33)48(43)49-45/h1-30H/i1D,2D,3D,4D,5D,6D,7D,8D,9D,10D,11D,12D,13D,14D,15D,16D,17D,18D,19D,20D,21D,22D,23D,24D,25D,26D,27D,28D,29D,30D. The van der Waals surface area contributed by atoms with E-state index in [-0.39, 0.29) is 0 Å². The fourth-order valence-corrected chi connectivity index (χ4v) is 5.79. The molecule has 0 aliphatic carbocycles. The van der Waals surface area contributed by atoms with E-state index in [0.717, 1.165) is 0 Å². The quantitative estimate of drug-likeness (QED) is 0.172. The molecule has 49 heavy (non-hydrogen) atoms. The lowest BCUT2D eigenvalue weighted by atomic mass is 9.83. The predicted octanol–water partition coefficient (Wildman–Crippen LogP) is 13.7. The van der Waals surface area contributed by atoms with Gasteiger partial charge in [0.05, 0.1) is 41.1 Å². The first-order valence-electron chi connectivity index (χ1n) is 29.4. The van der Waals surface area contributed by atoms with E-state index in [2.05, 4.69) is 0 Å². The van der Waals surface area contributed by atoms with Gasteiger partial charge in [-0.15, -0.1) is 0 Å². The van der Waals surface area contributed by atoms with E-state index in [0.29, 0.717) is 0 Å². The van der Waals surface area contributed by atoms with Gasteiger partial charge in [-0.3, -0.25) is 0 Å². The van der Waals surface area contributed by atoms with Crippen molar-refractivity contribution in [2.24, 2.45) is 0 Å². The van der Waals surface area contributed by atoms with E-state index >= 15 is 0 Å². The normalized spacial score (nSPS) is 20.2. The molecular formula is C48H30O. The number of rotatable bonds is 4. The van der Waals surface area contributed by atoms with Gasteiger partial charge in [0, 0.05) is 16.2 Å². The first-order valence-corrected chi connectivity index (χ1v) is 14.4. The molecule has 1 heteroatoms. The monoisotopic (exact) mass is 652 g/mol. The van der Waals surface area contributed by atoms with Gasteiger partial charge < -0.3 is 4.42 Å². The highest BCUT2D eigenvalue weighted by Gasteiger charge is 2.20. The van der Waals surface area contributed by atoms with Crippen molar-refractivity contribution in [2.75, 3.05) is 0 Å². The number of benzene rings is 9. The minimum atomic E-state index is -1.14. The first-order chi connectivity index (χ1) is 36.8. The lowest BCUT2D eigenvalue weighted by molar-refractivity contribution is 0.672. The zero-order valence-corrected chi connectivity index (χ0v) is 24.4. The fraction of sp³-hybridized carbons (Fsp3) is 0.